The van der Waals surface area contributed by atoms with Gasteiger partial charge in [-0.25, -0.2) is 9.97 Å². The maximum Gasteiger partial charge on any atom is 0.138 e. The highest BCUT2D eigenvalue weighted by molar-refractivity contribution is 9.10. The first kappa shape index (κ1) is 15.3. The summed E-state index contributed by atoms with van der Waals surface area (Å²) in [6.45, 7) is 0. The summed E-state index contributed by atoms with van der Waals surface area (Å²) in [5.41, 5.74) is 4.01. The Labute approximate surface area is 159 Å². The van der Waals surface area contributed by atoms with Gasteiger partial charge in [-0.2, -0.15) is 0 Å². The van der Waals surface area contributed by atoms with Crippen molar-refractivity contribution in [1.82, 2.24) is 14.5 Å². The lowest BCUT2D eigenvalue weighted by molar-refractivity contribution is 1.08. The minimum absolute atomic E-state index is 0.805. The Balaban J connectivity index is 1.79. The molecule has 0 saturated carbocycles. The van der Waals surface area contributed by atoms with Gasteiger partial charge in [-0.15, -0.1) is 0 Å². The Kier molecular flexibility index (Phi) is 3.57. The van der Waals surface area contributed by atoms with Gasteiger partial charge < -0.3 is 0 Å². The third-order valence-corrected chi connectivity index (χ3v) is 4.96. The number of aromatic nitrogens is 3. The number of hydrogen-bond donors (Lipinski definition) is 0. The topological polar surface area (TPSA) is 30.7 Å². The number of para-hydroxylation sites is 2. The van der Waals surface area contributed by atoms with E-state index in [0.717, 1.165) is 32.8 Å². The highest BCUT2D eigenvalue weighted by atomic mass is 79.9. The Morgan fingerprint density at radius 3 is 1.81 bits per heavy atom. The summed E-state index contributed by atoms with van der Waals surface area (Å²) in [7, 11) is 0. The summed E-state index contributed by atoms with van der Waals surface area (Å²) in [5, 5.41) is 2.46. The first-order valence-corrected chi connectivity index (χ1v) is 9.19. The summed E-state index contributed by atoms with van der Waals surface area (Å²) in [6.07, 6.45) is 0. The molecule has 5 aromatic rings. The largest absolute Gasteiger partial charge is 0.294 e. The Morgan fingerprint density at radius 2 is 1.15 bits per heavy atom. The van der Waals surface area contributed by atoms with Gasteiger partial charge in [-0.1, -0.05) is 48.5 Å². The zero-order chi connectivity index (χ0) is 17.5. The van der Waals surface area contributed by atoms with E-state index in [2.05, 4.69) is 74.0 Å². The molecule has 0 N–H and O–H groups in total. The molecule has 124 valence electrons. The number of halogens is 1. The molecular formula is C22H14BrN3. The van der Waals surface area contributed by atoms with E-state index < -0.39 is 0 Å². The van der Waals surface area contributed by atoms with Gasteiger partial charge in [0.2, 0.25) is 0 Å². The van der Waals surface area contributed by atoms with Crippen molar-refractivity contribution in [2.75, 3.05) is 0 Å². The van der Waals surface area contributed by atoms with Crippen LogP contribution in [0.4, 0.5) is 0 Å². The quantitative estimate of drug-likeness (QED) is 0.340. The van der Waals surface area contributed by atoms with E-state index in [9.17, 15) is 0 Å². The highest BCUT2D eigenvalue weighted by Crippen LogP contribution is 2.31. The van der Waals surface area contributed by atoms with Crippen LogP contribution in [0.5, 0.6) is 0 Å². The lowest BCUT2D eigenvalue weighted by Crippen LogP contribution is -1.99. The molecule has 0 fully saturated rings. The fourth-order valence-electron chi connectivity index (χ4n) is 3.41. The fraction of sp³-hybridized carbons (Fsp3) is 0. The first-order valence-electron chi connectivity index (χ1n) is 8.40. The van der Waals surface area contributed by atoms with Crippen LogP contribution in [0.3, 0.4) is 0 Å². The molecule has 3 nitrogen and oxygen atoms in total. The molecule has 0 saturated heterocycles. The van der Waals surface area contributed by atoms with E-state index in [-0.39, 0.29) is 0 Å². The van der Waals surface area contributed by atoms with Crippen molar-refractivity contribution in [3.05, 3.63) is 89.5 Å². The third-order valence-electron chi connectivity index (χ3n) is 4.52. The standard InChI is InChI=1S/C22H14BrN3/c23-21-13-5-9-17(24-21)18-10-6-14-22(25-18)26-19-11-3-1-7-15(19)16-8-2-4-12-20(16)26/h1-14H. The van der Waals surface area contributed by atoms with Crippen LogP contribution in [0.15, 0.2) is 89.5 Å². The van der Waals surface area contributed by atoms with Crippen LogP contribution in [0.2, 0.25) is 0 Å². The molecule has 0 unspecified atom stereocenters. The minimum Gasteiger partial charge on any atom is -0.294 e. The minimum atomic E-state index is 0.805. The monoisotopic (exact) mass is 399 g/mol. The van der Waals surface area contributed by atoms with Crippen molar-refractivity contribution in [3.63, 3.8) is 0 Å². The summed E-state index contributed by atoms with van der Waals surface area (Å²) >= 11 is 3.44. The number of fused-ring (bicyclic) bond motifs is 3. The fourth-order valence-corrected chi connectivity index (χ4v) is 3.75. The molecule has 3 heterocycles. The lowest BCUT2D eigenvalue weighted by Gasteiger charge is -2.09. The van der Waals surface area contributed by atoms with E-state index in [1.54, 1.807) is 0 Å². The predicted octanol–water partition coefficient (Wildman–Crippen LogP) is 6.00. The molecule has 0 spiro atoms. The van der Waals surface area contributed by atoms with Gasteiger partial charge in [0.05, 0.1) is 22.4 Å². The maximum absolute atomic E-state index is 4.91. The zero-order valence-electron chi connectivity index (χ0n) is 13.8. The molecule has 0 atom stereocenters. The second-order valence-electron chi connectivity index (χ2n) is 6.10. The van der Waals surface area contributed by atoms with Crippen LogP contribution in [0, 0.1) is 0 Å². The van der Waals surface area contributed by atoms with Crippen LogP contribution < -0.4 is 0 Å². The van der Waals surface area contributed by atoms with E-state index >= 15 is 0 Å². The molecule has 2 aromatic carbocycles. The number of rotatable bonds is 2. The van der Waals surface area contributed by atoms with Gasteiger partial charge >= 0.3 is 0 Å². The van der Waals surface area contributed by atoms with Crippen molar-refractivity contribution in [2.45, 2.75) is 0 Å². The molecule has 26 heavy (non-hydrogen) atoms. The smallest absolute Gasteiger partial charge is 0.138 e. The average molecular weight is 400 g/mol. The van der Waals surface area contributed by atoms with Crippen LogP contribution in [0.25, 0.3) is 39.0 Å². The van der Waals surface area contributed by atoms with Gasteiger partial charge in [0.1, 0.15) is 10.4 Å². The van der Waals surface area contributed by atoms with E-state index in [4.69, 9.17) is 4.98 Å². The van der Waals surface area contributed by atoms with Crippen LogP contribution >= 0.6 is 15.9 Å². The lowest BCUT2D eigenvalue weighted by atomic mass is 10.2. The van der Waals surface area contributed by atoms with Gasteiger partial charge in [0, 0.05) is 10.8 Å². The van der Waals surface area contributed by atoms with Crippen LogP contribution in [-0.4, -0.2) is 14.5 Å². The molecule has 5 rings (SSSR count). The number of hydrogen-bond acceptors (Lipinski definition) is 2. The highest BCUT2D eigenvalue weighted by Gasteiger charge is 2.13. The average Bonchev–Trinajstić information content (AvgIpc) is 3.03. The Hall–Kier alpha value is -2.98. The normalized spacial score (nSPS) is 11.3. The number of benzene rings is 2. The van der Waals surface area contributed by atoms with Crippen LogP contribution in [-0.2, 0) is 0 Å². The third kappa shape index (κ3) is 2.42. The molecule has 3 aromatic heterocycles. The SMILES string of the molecule is Brc1cccc(-c2cccc(-n3c4ccccc4c4ccccc43)n2)n1. The van der Waals surface area contributed by atoms with Gasteiger partial charge in [-0.05, 0) is 52.3 Å². The Morgan fingerprint density at radius 1 is 0.577 bits per heavy atom. The molecule has 0 aliphatic rings. The summed E-state index contributed by atoms with van der Waals surface area (Å²) < 4.78 is 3.02. The molecule has 0 aliphatic carbocycles. The summed E-state index contributed by atoms with van der Waals surface area (Å²) in [5.74, 6) is 0.890. The van der Waals surface area contributed by atoms with Crippen LogP contribution in [0.1, 0.15) is 0 Å². The second kappa shape index (κ2) is 6.07. The van der Waals surface area contributed by atoms with Gasteiger partial charge in [-0.3, -0.25) is 4.57 Å². The first-order chi connectivity index (χ1) is 12.8. The van der Waals surface area contributed by atoms with E-state index in [1.807, 2.05) is 36.4 Å². The molecule has 0 bridgehead atoms. The molecule has 0 amide bonds. The molecular weight excluding hydrogens is 386 g/mol. The van der Waals surface area contributed by atoms with E-state index in [0.29, 0.717) is 0 Å². The molecule has 0 radical (unpaired) electrons. The summed E-state index contributed by atoms with van der Waals surface area (Å²) in [6, 6.07) is 28.8. The van der Waals surface area contributed by atoms with Crippen molar-refractivity contribution in [2.24, 2.45) is 0 Å². The Bertz CT molecular complexity index is 1200. The van der Waals surface area contributed by atoms with Crippen molar-refractivity contribution < 1.29 is 0 Å². The summed E-state index contributed by atoms with van der Waals surface area (Å²) in [4.78, 5) is 9.44. The van der Waals surface area contributed by atoms with E-state index in [1.165, 1.54) is 10.8 Å². The second-order valence-corrected chi connectivity index (χ2v) is 6.91. The number of pyridine rings is 2. The van der Waals surface area contributed by atoms with Crippen molar-refractivity contribution in [3.8, 4) is 17.2 Å². The van der Waals surface area contributed by atoms with Crippen molar-refractivity contribution >= 4 is 37.7 Å². The molecule has 4 heteroatoms. The number of nitrogens with zero attached hydrogens (tertiary/aromatic N) is 3. The van der Waals surface area contributed by atoms with Crippen molar-refractivity contribution in [1.29, 1.82) is 0 Å². The predicted molar refractivity (Wildman–Crippen MR) is 110 cm³/mol. The van der Waals surface area contributed by atoms with Gasteiger partial charge in [0.25, 0.3) is 0 Å². The maximum atomic E-state index is 4.91. The zero-order valence-corrected chi connectivity index (χ0v) is 15.4. The van der Waals surface area contributed by atoms with Gasteiger partial charge in [0.15, 0.2) is 0 Å². The molecule has 0 aliphatic heterocycles.